The molecule has 0 aromatic rings. The number of hydrogen-bond acceptors (Lipinski definition) is 0. The fourth-order valence-corrected chi connectivity index (χ4v) is 8.40. The largest absolute Gasteiger partial charge is 0.0625 e. The van der Waals surface area contributed by atoms with Crippen molar-refractivity contribution in [3.63, 3.8) is 0 Å². The van der Waals surface area contributed by atoms with Crippen LogP contribution < -0.4 is 0 Å². The van der Waals surface area contributed by atoms with Crippen LogP contribution in [-0.2, 0) is 0 Å². The predicted molar refractivity (Wildman–Crippen MR) is 173 cm³/mol. The van der Waals surface area contributed by atoms with Gasteiger partial charge in [-0.1, -0.05) is 219 Å². The van der Waals surface area contributed by atoms with Crippen LogP contribution in [0.4, 0.5) is 0 Å². The first-order valence-electron chi connectivity index (χ1n) is 18.8. The minimum absolute atomic E-state index is 0.869. The number of rotatable bonds is 3. The van der Waals surface area contributed by atoms with Crippen molar-refractivity contribution in [2.45, 2.75) is 219 Å². The van der Waals surface area contributed by atoms with Gasteiger partial charge in [0, 0.05) is 0 Å². The van der Waals surface area contributed by atoms with Gasteiger partial charge in [0.15, 0.2) is 0 Å². The van der Waals surface area contributed by atoms with Gasteiger partial charge in [0.2, 0.25) is 0 Å². The Morgan fingerprint density at radius 3 is 0.579 bits per heavy atom. The molecule has 0 heterocycles. The molecule has 0 N–H and O–H groups in total. The van der Waals surface area contributed by atoms with E-state index in [1.807, 2.05) is 0 Å². The van der Waals surface area contributed by atoms with E-state index in [1.54, 1.807) is 25.7 Å². The molecule has 0 radical (unpaired) electrons. The maximum Gasteiger partial charge on any atom is -0.0334 e. The molecule has 0 spiro atoms. The van der Waals surface area contributed by atoms with E-state index in [4.69, 9.17) is 0 Å². The fraction of sp³-hybridized carbons (Fsp3) is 1.00. The highest BCUT2D eigenvalue weighted by Gasteiger charge is 2.31. The highest BCUT2D eigenvalue weighted by molar-refractivity contribution is 4.81. The van der Waals surface area contributed by atoms with Crippen LogP contribution in [0.25, 0.3) is 0 Å². The normalized spacial score (nSPS) is 24.6. The quantitative estimate of drug-likeness (QED) is 0.340. The van der Waals surface area contributed by atoms with Crippen molar-refractivity contribution in [3.05, 3.63) is 0 Å². The molecule has 0 heteroatoms. The van der Waals surface area contributed by atoms with Crippen LogP contribution in [0.2, 0.25) is 0 Å². The van der Waals surface area contributed by atoms with Gasteiger partial charge in [-0.25, -0.2) is 0 Å². The molecule has 0 unspecified atom stereocenters. The topological polar surface area (TPSA) is 0 Å². The van der Waals surface area contributed by atoms with Crippen molar-refractivity contribution in [3.8, 4) is 0 Å². The molecule has 38 heavy (non-hydrogen) atoms. The summed E-state index contributed by atoms with van der Waals surface area (Å²) >= 11 is 0. The molecule has 0 amide bonds. The minimum atomic E-state index is 0.869. The molecule has 2 fully saturated rings. The zero-order valence-corrected chi connectivity index (χ0v) is 26.9. The molecular weight excluding hydrogens is 456 g/mol. The van der Waals surface area contributed by atoms with Gasteiger partial charge in [0.25, 0.3) is 0 Å². The Kier molecular flexibility index (Phi) is 22.3. The SMILES string of the molecule is CC(C)C(C1CCCCCCCCCCCCCCCC1)C1CCCCCCCCCCCCCCCC1. The van der Waals surface area contributed by atoms with Crippen LogP contribution in [-0.4, -0.2) is 0 Å². The fourth-order valence-electron chi connectivity index (χ4n) is 8.40. The highest BCUT2D eigenvalue weighted by atomic mass is 14.4. The van der Waals surface area contributed by atoms with Crippen LogP contribution in [0.3, 0.4) is 0 Å². The highest BCUT2D eigenvalue weighted by Crippen LogP contribution is 2.40. The predicted octanol–water partition coefficient (Wildman–Crippen LogP) is 14.0. The lowest BCUT2D eigenvalue weighted by atomic mass is 9.68. The van der Waals surface area contributed by atoms with Gasteiger partial charge in [0.1, 0.15) is 0 Å². The van der Waals surface area contributed by atoms with E-state index in [0.717, 1.165) is 23.7 Å². The van der Waals surface area contributed by atoms with Crippen LogP contribution in [0.5, 0.6) is 0 Å². The molecule has 0 aromatic heterocycles. The van der Waals surface area contributed by atoms with Crippen LogP contribution >= 0.6 is 0 Å². The third kappa shape index (κ3) is 17.6. The smallest absolute Gasteiger partial charge is 0.0334 e. The van der Waals surface area contributed by atoms with Crippen molar-refractivity contribution in [1.29, 1.82) is 0 Å². The molecule has 0 bridgehead atoms. The Labute approximate surface area is 242 Å². The summed E-state index contributed by atoms with van der Waals surface area (Å²) in [4.78, 5) is 0. The van der Waals surface area contributed by atoms with E-state index in [1.165, 1.54) is 180 Å². The molecule has 0 saturated heterocycles. The molecule has 226 valence electrons. The monoisotopic (exact) mass is 531 g/mol. The second kappa shape index (κ2) is 24.8. The van der Waals surface area contributed by atoms with E-state index in [0.29, 0.717) is 0 Å². The summed E-state index contributed by atoms with van der Waals surface area (Å²) in [7, 11) is 0. The molecule has 2 aliphatic rings. The molecular formula is C38H74. The van der Waals surface area contributed by atoms with E-state index in [9.17, 15) is 0 Å². The summed E-state index contributed by atoms with van der Waals surface area (Å²) in [6, 6.07) is 0. The lowest BCUT2D eigenvalue weighted by Gasteiger charge is -2.38. The zero-order chi connectivity index (χ0) is 26.9. The number of hydrogen-bond donors (Lipinski definition) is 0. The Morgan fingerprint density at radius 2 is 0.421 bits per heavy atom. The second-order valence-corrected chi connectivity index (χ2v) is 14.4. The summed E-state index contributed by atoms with van der Waals surface area (Å²) in [5.74, 6) is 3.86. The van der Waals surface area contributed by atoms with Crippen LogP contribution in [0, 0.1) is 23.7 Å². The maximum atomic E-state index is 2.61. The Bertz CT molecular complexity index is 402. The van der Waals surface area contributed by atoms with Gasteiger partial charge in [-0.3, -0.25) is 0 Å². The average Bonchev–Trinajstić information content (AvgIpc) is 2.91. The molecule has 0 atom stereocenters. The minimum Gasteiger partial charge on any atom is -0.0625 e. The van der Waals surface area contributed by atoms with E-state index in [-0.39, 0.29) is 0 Å². The molecule has 0 aromatic carbocycles. The van der Waals surface area contributed by atoms with Gasteiger partial charge >= 0.3 is 0 Å². The zero-order valence-electron chi connectivity index (χ0n) is 26.9. The Hall–Kier alpha value is 0. The van der Waals surface area contributed by atoms with Gasteiger partial charge < -0.3 is 0 Å². The van der Waals surface area contributed by atoms with Gasteiger partial charge in [-0.2, -0.15) is 0 Å². The van der Waals surface area contributed by atoms with Gasteiger partial charge in [0.05, 0.1) is 0 Å². The summed E-state index contributed by atoms with van der Waals surface area (Å²) in [6.07, 6.45) is 48.3. The lowest BCUT2D eigenvalue weighted by Crippen LogP contribution is -2.29. The maximum absolute atomic E-state index is 2.61. The first-order chi connectivity index (χ1) is 18.8. The van der Waals surface area contributed by atoms with Crippen LogP contribution in [0.1, 0.15) is 219 Å². The second-order valence-electron chi connectivity index (χ2n) is 14.4. The van der Waals surface area contributed by atoms with E-state index >= 15 is 0 Å². The van der Waals surface area contributed by atoms with E-state index < -0.39 is 0 Å². The summed E-state index contributed by atoms with van der Waals surface area (Å²) in [6.45, 7) is 5.21. The molecule has 2 rings (SSSR count). The lowest BCUT2D eigenvalue weighted by molar-refractivity contribution is 0.122. The summed E-state index contributed by atoms with van der Waals surface area (Å²) in [5, 5.41) is 0. The van der Waals surface area contributed by atoms with Crippen molar-refractivity contribution in [2.24, 2.45) is 23.7 Å². The molecule has 0 nitrogen and oxygen atoms in total. The van der Waals surface area contributed by atoms with Crippen molar-refractivity contribution >= 4 is 0 Å². The third-order valence-corrected chi connectivity index (χ3v) is 10.7. The van der Waals surface area contributed by atoms with E-state index in [2.05, 4.69) is 13.8 Å². The molecule has 0 aliphatic heterocycles. The molecule has 2 saturated carbocycles. The Morgan fingerprint density at radius 1 is 0.263 bits per heavy atom. The third-order valence-electron chi connectivity index (χ3n) is 10.7. The van der Waals surface area contributed by atoms with Crippen molar-refractivity contribution in [2.75, 3.05) is 0 Å². The van der Waals surface area contributed by atoms with Gasteiger partial charge in [-0.15, -0.1) is 0 Å². The van der Waals surface area contributed by atoms with Crippen LogP contribution in [0.15, 0.2) is 0 Å². The first kappa shape index (κ1) is 34.2. The molecule has 2 aliphatic carbocycles. The van der Waals surface area contributed by atoms with Gasteiger partial charge in [-0.05, 0) is 23.7 Å². The standard InChI is InChI=1S/C38H74/c1-35(2)38(36-31-27-23-19-15-11-7-3-4-8-12-16-20-24-28-32-36)37-33-29-25-21-17-13-9-5-6-10-14-18-22-26-30-34-37/h35-38H,3-34H2,1-2H3. The average molecular weight is 531 g/mol. The van der Waals surface area contributed by atoms with Crippen molar-refractivity contribution in [1.82, 2.24) is 0 Å². The Balaban J connectivity index is 1.98. The first-order valence-corrected chi connectivity index (χ1v) is 18.8. The van der Waals surface area contributed by atoms with Crippen molar-refractivity contribution < 1.29 is 0 Å². The summed E-state index contributed by atoms with van der Waals surface area (Å²) in [5.41, 5.74) is 0. The summed E-state index contributed by atoms with van der Waals surface area (Å²) < 4.78 is 0.